The van der Waals surface area contributed by atoms with Crippen LogP contribution in [0.4, 0.5) is 0 Å². The normalized spacial score (nSPS) is 18.9. The van der Waals surface area contributed by atoms with Gasteiger partial charge in [-0.15, -0.1) is 0 Å². The Morgan fingerprint density at radius 2 is 1.73 bits per heavy atom. The number of ketones is 1. The molecule has 1 amide bonds. The van der Waals surface area contributed by atoms with Gasteiger partial charge in [0.1, 0.15) is 5.56 Å². The molecule has 7 heteroatoms. The Morgan fingerprint density at radius 3 is 2.40 bits per heavy atom. The van der Waals surface area contributed by atoms with Crippen molar-refractivity contribution < 1.29 is 9.59 Å². The minimum atomic E-state index is -0.409. The van der Waals surface area contributed by atoms with E-state index in [1.165, 1.54) is 11.6 Å². The van der Waals surface area contributed by atoms with Gasteiger partial charge in [0.25, 0.3) is 11.5 Å². The summed E-state index contributed by atoms with van der Waals surface area (Å²) in [7, 11) is 0. The summed E-state index contributed by atoms with van der Waals surface area (Å²) in [5.74, 6) is -0.317. The average molecular weight is 428 g/mol. The Labute approximate surface area is 180 Å². The first-order valence-electron chi connectivity index (χ1n) is 10.3. The number of carbonyl (C=O) groups excluding carboxylic acids is 2. The van der Waals surface area contributed by atoms with Crippen molar-refractivity contribution in [2.75, 3.05) is 26.2 Å². The highest BCUT2D eigenvalue weighted by molar-refractivity contribution is 6.30. The standard InChI is InChI=1S/C23H26ClN3O3/c1-23(2)12-19-17(20(28)13-23)11-18(21(29)25-19)22(30)27-9-7-26(8-10-27)14-15-3-5-16(24)6-4-15/h3-6,11H,7-10,12-14H2,1-2H3,(H,25,29). The second-order valence-corrected chi connectivity index (χ2v) is 9.48. The van der Waals surface area contributed by atoms with Crippen LogP contribution < -0.4 is 5.56 Å². The predicted molar refractivity (Wildman–Crippen MR) is 116 cm³/mol. The second kappa shape index (κ2) is 8.00. The molecule has 1 saturated heterocycles. The third kappa shape index (κ3) is 4.35. The van der Waals surface area contributed by atoms with Gasteiger partial charge in [-0.3, -0.25) is 19.3 Å². The van der Waals surface area contributed by atoms with Crippen molar-refractivity contribution in [1.29, 1.82) is 0 Å². The van der Waals surface area contributed by atoms with Crippen LogP contribution in [0.5, 0.6) is 0 Å². The fourth-order valence-corrected chi connectivity index (χ4v) is 4.44. The van der Waals surface area contributed by atoms with Gasteiger partial charge < -0.3 is 9.88 Å². The molecule has 1 aromatic heterocycles. The Balaban J connectivity index is 1.44. The molecule has 1 N–H and O–H groups in total. The molecule has 1 aromatic carbocycles. The fraction of sp³-hybridized carbons (Fsp3) is 0.435. The molecule has 6 nitrogen and oxygen atoms in total. The molecule has 1 aliphatic heterocycles. The van der Waals surface area contributed by atoms with Crippen LogP contribution in [0.2, 0.25) is 5.02 Å². The Morgan fingerprint density at radius 1 is 1.07 bits per heavy atom. The number of benzene rings is 1. The molecule has 0 bridgehead atoms. The van der Waals surface area contributed by atoms with Crippen molar-refractivity contribution in [2.24, 2.45) is 5.41 Å². The van der Waals surface area contributed by atoms with Gasteiger partial charge in [-0.2, -0.15) is 0 Å². The predicted octanol–water partition coefficient (Wildman–Crippen LogP) is 3.14. The highest BCUT2D eigenvalue weighted by atomic mass is 35.5. The summed E-state index contributed by atoms with van der Waals surface area (Å²) >= 11 is 5.94. The highest BCUT2D eigenvalue weighted by Gasteiger charge is 2.33. The van der Waals surface area contributed by atoms with Crippen LogP contribution in [0.25, 0.3) is 0 Å². The SMILES string of the molecule is CC1(C)CC(=O)c2cc(C(=O)N3CCN(Cc4ccc(Cl)cc4)CC3)c(=O)[nH]c2C1. The molecule has 0 atom stereocenters. The number of amides is 1. The van der Waals surface area contributed by atoms with Gasteiger partial charge in [-0.1, -0.05) is 37.6 Å². The van der Waals surface area contributed by atoms with Gasteiger partial charge in [0.2, 0.25) is 0 Å². The number of rotatable bonds is 3. The van der Waals surface area contributed by atoms with Gasteiger partial charge in [-0.05, 0) is 35.6 Å². The number of aromatic nitrogens is 1. The number of halogens is 1. The zero-order valence-corrected chi connectivity index (χ0v) is 18.1. The molecule has 0 unspecified atom stereocenters. The molecule has 0 saturated carbocycles. The maximum absolute atomic E-state index is 13.0. The lowest BCUT2D eigenvalue weighted by Gasteiger charge is -2.35. The third-order valence-electron chi connectivity index (χ3n) is 5.93. The van der Waals surface area contributed by atoms with Gasteiger partial charge in [0, 0.05) is 55.4 Å². The minimum absolute atomic E-state index is 0.0145. The van der Waals surface area contributed by atoms with Crippen LogP contribution in [0.3, 0.4) is 0 Å². The summed E-state index contributed by atoms with van der Waals surface area (Å²) in [6, 6.07) is 9.27. The van der Waals surface area contributed by atoms with E-state index in [2.05, 4.69) is 9.88 Å². The molecule has 0 radical (unpaired) electrons. The lowest BCUT2D eigenvalue weighted by molar-refractivity contribution is 0.0626. The van der Waals surface area contributed by atoms with Crippen molar-refractivity contribution in [1.82, 2.24) is 14.8 Å². The molecular weight excluding hydrogens is 402 g/mol. The maximum atomic E-state index is 13.0. The number of Topliss-reactive ketones (excluding diaryl/α,β-unsaturated/α-hetero) is 1. The summed E-state index contributed by atoms with van der Waals surface area (Å²) in [4.78, 5) is 44.9. The van der Waals surface area contributed by atoms with E-state index in [-0.39, 0.29) is 22.7 Å². The number of hydrogen-bond acceptors (Lipinski definition) is 4. The number of hydrogen-bond donors (Lipinski definition) is 1. The lowest BCUT2D eigenvalue weighted by Crippen LogP contribution is -2.49. The summed E-state index contributed by atoms with van der Waals surface area (Å²) < 4.78 is 0. The lowest BCUT2D eigenvalue weighted by atomic mass is 9.75. The van der Waals surface area contributed by atoms with Crippen LogP contribution in [-0.4, -0.2) is 52.7 Å². The first-order valence-corrected chi connectivity index (χ1v) is 10.7. The number of nitrogens with zero attached hydrogens (tertiary/aromatic N) is 2. The molecule has 2 heterocycles. The Kier molecular flexibility index (Phi) is 5.55. The van der Waals surface area contributed by atoms with Gasteiger partial charge in [-0.25, -0.2) is 0 Å². The number of aromatic amines is 1. The summed E-state index contributed by atoms with van der Waals surface area (Å²) in [6.45, 7) is 7.36. The molecule has 4 rings (SSSR count). The number of fused-ring (bicyclic) bond motifs is 1. The Bertz CT molecular complexity index is 1030. The zero-order valence-electron chi connectivity index (χ0n) is 17.3. The van der Waals surface area contributed by atoms with E-state index in [0.29, 0.717) is 42.2 Å². The molecule has 158 valence electrons. The number of piperazine rings is 1. The van der Waals surface area contributed by atoms with E-state index in [1.807, 2.05) is 38.1 Å². The van der Waals surface area contributed by atoms with Crippen molar-refractivity contribution >= 4 is 23.3 Å². The van der Waals surface area contributed by atoms with E-state index in [0.717, 1.165) is 19.6 Å². The van der Waals surface area contributed by atoms with E-state index < -0.39 is 5.56 Å². The van der Waals surface area contributed by atoms with E-state index in [1.54, 1.807) is 4.90 Å². The van der Waals surface area contributed by atoms with Crippen LogP contribution in [0, 0.1) is 5.41 Å². The van der Waals surface area contributed by atoms with E-state index in [4.69, 9.17) is 11.6 Å². The monoisotopic (exact) mass is 427 g/mol. The number of carbonyl (C=O) groups is 2. The van der Waals surface area contributed by atoms with Crippen molar-refractivity contribution in [3.8, 4) is 0 Å². The number of pyridine rings is 1. The first kappa shape index (κ1) is 20.8. The maximum Gasteiger partial charge on any atom is 0.261 e. The molecule has 1 aliphatic carbocycles. The van der Waals surface area contributed by atoms with Crippen LogP contribution in [-0.2, 0) is 13.0 Å². The topological polar surface area (TPSA) is 73.5 Å². The summed E-state index contributed by atoms with van der Waals surface area (Å²) in [5, 5.41) is 0.714. The Hall–Kier alpha value is -2.44. The van der Waals surface area contributed by atoms with Crippen LogP contribution in [0.15, 0.2) is 35.1 Å². The van der Waals surface area contributed by atoms with Gasteiger partial charge in [0.15, 0.2) is 5.78 Å². The third-order valence-corrected chi connectivity index (χ3v) is 6.18. The van der Waals surface area contributed by atoms with E-state index >= 15 is 0 Å². The first-order chi connectivity index (χ1) is 14.2. The number of nitrogens with one attached hydrogen (secondary N) is 1. The summed E-state index contributed by atoms with van der Waals surface area (Å²) in [5.41, 5.74) is 1.77. The molecule has 2 aromatic rings. The molecule has 2 aliphatic rings. The molecule has 30 heavy (non-hydrogen) atoms. The summed E-state index contributed by atoms with van der Waals surface area (Å²) in [6.07, 6.45) is 1.05. The van der Waals surface area contributed by atoms with Crippen molar-refractivity contribution in [3.63, 3.8) is 0 Å². The van der Waals surface area contributed by atoms with Gasteiger partial charge in [0.05, 0.1) is 0 Å². The van der Waals surface area contributed by atoms with Crippen molar-refractivity contribution in [3.05, 3.63) is 68.1 Å². The smallest absolute Gasteiger partial charge is 0.261 e. The quantitative estimate of drug-likeness (QED) is 0.816. The number of H-pyrrole nitrogens is 1. The minimum Gasteiger partial charge on any atom is -0.336 e. The van der Waals surface area contributed by atoms with Gasteiger partial charge >= 0.3 is 0 Å². The van der Waals surface area contributed by atoms with Crippen LogP contribution in [0.1, 0.15) is 52.2 Å². The molecule has 0 spiro atoms. The average Bonchev–Trinajstić information content (AvgIpc) is 2.68. The molecule has 1 fully saturated rings. The van der Waals surface area contributed by atoms with Crippen molar-refractivity contribution in [2.45, 2.75) is 33.2 Å². The second-order valence-electron chi connectivity index (χ2n) is 9.04. The fourth-order valence-electron chi connectivity index (χ4n) is 4.31. The largest absolute Gasteiger partial charge is 0.336 e. The molecular formula is C23H26ClN3O3. The zero-order chi connectivity index (χ0) is 21.5. The van der Waals surface area contributed by atoms with E-state index in [9.17, 15) is 14.4 Å². The van der Waals surface area contributed by atoms with Crippen LogP contribution >= 0.6 is 11.6 Å². The highest BCUT2D eigenvalue weighted by Crippen LogP contribution is 2.33.